The Bertz CT molecular complexity index is 930. The summed E-state index contributed by atoms with van der Waals surface area (Å²) in [5, 5.41) is 3.91. The van der Waals surface area contributed by atoms with Crippen LogP contribution in [0.2, 0.25) is 10.0 Å². The fourth-order valence-electron chi connectivity index (χ4n) is 3.45. The second-order valence-corrected chi connectivity index (χ2v) is 8.93. The summed E-state index contributed by atoms with van der Waals surface area (Å²) >= 11 is 12.2. The van der Waals surface area contributed by atoms with E-state index < -0.39 is 6.04 Å². The third kappa shape index (κ3) is 6.98. The second kappa shape index (κ2) is 11.5. The van der Waals surface area contributed by atoms with Gasteiger partial charge in [-0.2, -0.15) is 0 Å². The Morgan fingerprint density at radius 1 is 1.00 bits per heavy atom. The van der Waals surface area contributed by atoms with Crippen LogP contribution in [0.5, 0.6) is 0 Å². The molecule has 0 aromatic heterocycles. The molecule has 2 rings (SSSR count). The first-order chi connectivity index (χ1) is 14.7. The van der Waals surface area contributed by atoms with Gasteiger partial charge in [-0.25, -0.2) is 0 Å². The average Bonchev–Trinajstić information content (AvgIpc) is 2.72. The van der Waals surface area contributed by atoms with E-state index >= 15 is 0 Å². The summed E-state index contributed by atoms with van der Waals surface area (Å²) in [6, 6.07) is 10.9. The van der Waals surface area contributed by atoms with Gasteiger partial charge < -0.3 is 10.2 Å². The quantitative estimate of drug-likeness (QED) is 0.505. The number of aryl methyl sites for hydroxylation is 2. The van der Waals surface area contributed by atoms with Crippen LogP contribution >= 0.6 is 23.2 Å². The minimum Gasteiger partial charge on any atom is -0.352 e. The fraction of sp³-hybridized carbons (Fsp3) is 0.440. The van der Waals surface area contributed by atoms with Crippen molar-refractivity contribution >= 4 is 35.0 Å². The first-order valence-electron chi connectivity index (χ1n) is 10.8. The molecule has 168 valence electrons. The Morgan fingerprint density at radius 2 is 1.71 bits per heavy atom. The summed E-state index contributed by atoms with van der Waals surface area (Å²) in [5.74, 6) is -0.225. The van der Waals surface area contributed by atoms with Crippen molar-refractivity contribution in [3.63, 3.8) is 0 Å². The molecule has 4 nitrogen and oxygen atoms in total. The largest absolute Gasteiger partial charge is 0.352 e. The van der Waals surface area contributed by atoms with Crippen LogP contribution in [0.15, 0.2) is 36.4 Å². The SMILES string of the molecule is CC[C@@H](C)NC(=O)[C@H](CC)N(Cc1ccc(Cl)c(Cl)c1)C(=O)Cc1cc(C)ccc1C. The Morgan fingerprint density at radius 3 is 2.32 bits per heavy atom. The summed E-state index contributed by atoms with van der Waals surface area (Å²) in [4.78, 5) is 28.2. The Kier molecular flexibility index (Phi) is 9.39. The lowest BCUT2D eigenvalue weighted by atomic mass is 10.0. The molecule has 0 aliphatic carbocycles. The van der Waals surface area contributed by atoms with Crippen molar-refractivity contribution in [2.75, 3.05) is 0 Å². The molecule has 31 heavy (non-hydrogen) atoms. The van der Waals surface area contributed by atoms with Crippen LogP contribution in [0.3, 0.4) is 0 Å². The molecular formula is C25H32Cl2N2O2. The van der Waals surface area contributed by atoms with Gasteiger partial charge in [0, 0.05) is 12.6 Å². The maximum Gasteiger partial charge on any atom is 0.243 e. The number of nitrogens with one attached hydrogen (secondary N) is 1. The van der Waals surface area contributed by atoms with Crippen LogP contribution in [0.4, 0.5) is 0 Å². The maximum absolute atomic E-state index is 13.5. The molecule has 0 spiro atoms. The summed E-state index contributed by atoms with van der Waals surface area (Å²) in [6.07, 6.45) is 1.58. The number of hydrogen-bond acceptors (Lipinski definition) is 2. The van der Waals surface area contributed by atoms with E-state index in [1.54, 1.807) is 17.0 Å². The van der Waals surface area contributed by atoms with Crippen LogP contribution in [-0.4, -0.2) is 28.8 Å². The minimum absolute atomic E-state index is 0.0440. The van der Waals surface area contributed by atoms with Crippen LogP contribution in [-0.2, 0) is 22.6 Å². The highest BCUT2D eigenvalue weighted by Gasteiger charge is 2.29. The van der Waals surface area contributed by atoms with Gasteiger partial charge in [0.15, 0.2) is 0 Å². The van der Waals surface area contributed by atoms with Gasteiger partial charge in [-0.1, -0.05) is 66.9 Å². The molecule has 2 aromatic carbocycles. The van der Waals surface area contributed by atoms with Gasteiger partial charge in [0.2, 0.25) is 11.8 Å². The fourth-order valence-corrected chi connectivity index (χ4v) is 3.77. The van der Waals surface area contributed by atoms with Crippen LogP contribution in [0.25, 0.3) is 0 Å². The predicted octanol–water partition coefficient (Wildman–Crippen LogP) is 5.87. The molecule has 2 atom stereocenters. The van der Waals surface area contributed by atoms with E-state index in [0.717, 1.165) is 28.7 Å². The maximum atomic E-state index is 13.5. The zero-order chi connectivity index (χ0) is 23.1. The van der Waals surface area contributed by atoms with Gasteiger partial charge in [0.25, 0.3) is 0 Å². The van der Waals surface area contributed by atoms with Crippen molar-refractivity contribution in [2.24, 2.45) is 0 Å². The molecular weight excluding hydrogens is 431 g/mol. The molecule has 1 N–H and O–H groups in total. The van der Waals surface area contributed by atoms with Crippen molar-refractivity contribution in [1.29, 1.82) is 0 Å². The van der Waals surface area contributed by atoms with E-state index in [4.69, 9.17) is 23.2 Å². The zero-order valence-electron chi connectivity index (χ0n) is 19.0. The molecule has 0 aliphatic rings. The first-order valence-corrected chi connectivity index (χ1v) is 11.5. The molecule has 0 aliphatic heterocycles. The first kappa shape index (κ1) is 25.2. The number of benzene rings is 2. The standard InChI is InChI=1S/C25H32Cl2N2O2/c1-6-18(5)28-25(31)23(7-2)29(15-19-10-11-21(26)22(27)13-19)24(30)14-20-12-16(3)8-9-17(20)4/h8-13,18,23H,6-7,14-15H2,1-5H3,(H,28,31)/t18-,23+/m1/s1. The highest BCUT2D eigenvalue weighted by Crippen LogP contribution is 2.24. The lowest BCUT2D eigenvalue weighted by Gasteiger charge is -2.32. The molecule has 0 saturated carbocycles. The van der Waals surface area contributed by atoms with Crippen molar-refractivity contribution in [3.8, 4) is 0 Å². The highest BCUT2D eigenvalue weighted by atomic mass is 35.5. The molecule has 0 heterocycles. The van der Waals surface area contributed by atoms with Crippen molar-refractivity contribution in [1.82, 2.24) is 10.2 Å². The Hall–Kier alpha value is -2.04. The van der Waals surface area contributed by atoms with Crippen LogP contribution < -0.4 is 5.32 Å². The van der Waals surface area contributed by atoms with E-state index in [-0.39, 0.29) is 30.8 Å². The van der Waals surface area contributed by atoms with Crippen molar-refractivity contribution in [2.45, 2.75) is 72.5 Å². The Balaban J connectivity index is 2.36. The minimum atomic E-state index is -0.568. The van der Waals surface area contributed by atoms with Gasteiger partial charge >= 0.3 is 0 Å². The third-order valence-electron chi connectivity index (χ3n) is 5.57. The van der Waals surface area contributed by atoms with Gasteiger partial charge in [-0.15, -0.1) is 0 Å². The van der Waals surface area contributed by atoms with E-state index in [0.29, 0.717) is 16.5 Å². The summed E-state index contributed by atoms with van der Waals surface area (Å²) < 4.78 is 0. The van der Waals surface area contributed by atoms with Crippen molar-refractivity contribution in [3.05, 3.63) is 68.7 Å². The molecule has 2 aromatic rings. The van der Waals surface area contributed by atoms with Gasteiger partial charge in [-0.05, 0) is 62.4 Å². The van der Waals surface area contributed by atoms with Gasteiger partial charge in [0.05, 0.1) is 16.5 Å². The average molecular weight is 463 g/mol. The van der Waals surface area contributed by atoms with E-state index in [1.807, 2.05) is 58.9 Å². The van der Waals surface area contributed by atoms with E-state index in [1.165, 1.54) is 0 Å². The summed E-state index contributed by atoms with van der Waals surface area (Å²) in [7, 11) is 0. The van der Waals surface area contributed by atoms with Crippen LogP contribution in [0, 0.1) is 13.8 Å². The van der Waals surface area contributed by atoms with Crippen LogP contribution in [0.1, 0.15) is 55.9 Å². The molecule has 0 bridgehead atoms. The number of amides is 2. The Labute approximate surface area is 195 Å². The monoisotopic (exact) mass is 462 g/mol. The van der Waals surface area contributed by atoms with E-state index in [2.05, 4.69) is 5.32 Å². The summed E-state index contributed by atoms with van der Waals surface area (Å²) in [5.41, 5.74) is 3.97. The lowest BCUT2D eigenvalue weighted by molar-refractivity contribution is -0.141. The smallest absolute Gasteiger partial charge is 0.243 e. The third-order valence-corrected chi connectivity index (χ3v) is 6.31. The number of hydrogen-bond donors (Lipinski definition) is 1. The number of carbonyl (C=O) groups is 2. The van der Waals surface area contributed by atoms with Crippen molar-refractivity contribution < 1.29 is 9.59 Å². The number of nitrogens with zero attached hydrogens (tertiary/aromatic N) is 1. The molecule has 0 saturated heterocycles. The molecule has 0 fully saturated rings. The van der Waals surface area contributed by atoms with E-state index in [9.17, 15) is 9.59 Å². The predicted molar refractivity (Wildman–Crippen MR) is 129 cm³/mol. The molecule has 6 heteroatoms. The number of rotatable bonds is 9. The molecule has 2 amide bonds. The topological polar surface area (TPSA) is 49.4 Å². The van der Waals surface area contributed by atoms with Gasteiger partial charge in [-0.3, -0.25) is 9.59 Å². The zero-order valence-corrected chi connectivity index (χ0v) is 20.5. The lowest BCUT2D eigenvalue weighted by Crippen LogP contribution is -2.51. The number of carbonyl (C=O) groups excluding carboxylic acids is 2. The normalized spacial score (nSPS) is 12.9. The highest BCUT2D eigenvalue weighted by molar-refractivity contribution is 6.42. The number of halogens is 2. The molecule has 0 radical (unpaired) electrons. The molecule has 0 unspecified atom stereocenters. The van der Waals surface area contributed by atoms with Gasteiger partial charge in [0.1, 0.15) is 6.04 Å². The second-order valence-electron chi connectivity index (χ2n) is 8.12. The summed E-state index contributed by atoms with van der Waals surface area (Å²) in [6.45, 7) is 10.2.